The number of hydrogen-bond donors (Lipinski definition) is 0. The summed E-state index contributed by atoms with van der Waals surface area (Å²) >= 11 is 1.84. The first kappa shape index (κ1) is 17.6. The summed E-state index contributed by atoms with van der Waals surface area (Å²) in [7, 11) is 3.66. The Morgan fingerprint density at radius 1 is 1.14 bits per heavy atom. The van der Waals surface area contributed by atoms with Gasteiger partial charge >= 0.3 is 5.69 Å². The minimum Gasteiger partial charge on any atom is -0.338 e. The number of fused-ring (bicyclic) bond motifs is 2. The fourth-order valence-corrected chi connectivity index (χ4v) is 5.76. The molecule has 4 heterocycles. The van der Waals surface area contributed by atoms with Crippen molar-refractivity contribution in [2.45, 2.75) is 31.5 Å². The van der Waals surface area contributed by atoms with Crippen LogP contribution in [0.3, 0.4) is 0 Å². The van der Waals surface area contributed by atoms with E-state index >= 15 is 0 Å². The van der Waals surface area contributed by atoms with E-state index in [2.05, 4.69) is 41.1 Å². The first-order valence-corrected chi connectivity index (χ1v) is 10.6. The third-order valence-corrected chi connectivity index (χ3v) is 7.09. The molecule has 0 unspecified atom stereocenters. The Morgan fingerprint density at radius 3 is 2.71 bits per heavy atom. The van der Waals surface area contributed by atoms with Crippen LogP contribution in [0.25, 0.3) is 11.0 Å². The number of nitrogens with zero attached hydrogens (tertiary/aromatic N) is 5. The predicted molar refractivity (Wildman–Crippen MR) is 114 cm³/mol. The molecule has 2 aromatic heterocycles. The van der Waals surface area contributed by atoms with Crippen molar-refractivity contribution in [3.8, 4) is 0 Å². The second-order valence-electron chi connectivity index (χ2n) is 7.49. The van der Waals surface area contributed by atoms with Crippen LogP contribution in [0.5, 0.6) is 0 Å². The van der Waals surface area contributed by atoms with Gasteiger partial charge in [0.25, 0.3) is 0 Å². The van der Waals surface area contributed by atoms with Gasteiger partial charge in [0.2, 0.25) is 0 Å². The summed E-state index contributed by atoms with van der Waals surface area (Å²) in [6.07, 6.45) is 2.92. The van der Waals surface area contributed by atoms with Crippen molar-refractivity contribution >= 4 is 28.0 Å². The number of pyridine rings is 1. The average Bonchev–Trinajstić information content (AvgIpc) is 3.36. The summed E-state index contributed by atoms with van der Waals surface area (Å²) in [4.78, 5) is 24.5. The summed E-state index contributed by atoms with van der Waals surface area (Å²) in [5, 5.41) is 1.12. The zero-order chi connectivity index (χ0) is 19.4. The molecule has 144 valence electrons. The molecule has 0 radical (unpaired) electrons. The van der Waals surface area contributed by atoms with Gasteiger partial charge in [-0.2, -0.15) is 0 Å². The number of aromatic nitrogens is 3. The molecule has 7 heteroatoms. The lowest BCUT2D eigenvalue weighted by molar-refractivity contribution is 0.255. The monoisotopic (exact) mass is 393 g/mol. The predicted octanol–water partition coefficient (Wildman–Crippen LogP) is 3.25. The third kappa shape index (κ3) is 2.45. The highest BCUT2D eigenvalue weighted by Crippen LogP contribution is 2.48. The number of thioether (sulfide) groups is 1. The Bertz CT molecular complexity index is 1130. The van der Waals surface area contributed by atoms with Crippen molar-refractivity contribution in [3.05, 3.63) is 64.3 Å². The Hall–Kier alpha value is -2.54. The lowest BCUT2D eigenvalue weighted by Crippen LogP contribution is -2.35. The molecule has 5 rings (SSSR count). The highest BCUT2D eigenvalue weighted by Gasteiger charge is 2.45. The molecule has 3 atom stereocenters. The first-order valence-electron chi connectivity index (χ1n) is 9.65. The maximum Gasteiger partial charge on any atom is 0.328 e. The van der Waals surface area contributed by atoms with Gasteiger partial charge in [-0.1, -0.05) is 30.8 Å². The van der Waals surface area contributed by atoms with Crippen molar-refractivity contribution < 1.29 is 0 Å². The van der Waals surface area contributed by atoms with Gasteiger partial charge in [-0.05, 0) is 36.2 Å². The number of rotatable bonds is 3. The first-order chi connectivity index (χ1) is 13.6. The van der Waals surface area contributed by atoms with Crippen LogP contribution in [-0.2, 0) is 14.1 Å². The van der Waals surface area contributed by atoms with Crippen LogP contribution in [-0.4, -0.2) is 36.0 Å². The lowest BCUT2D eigenvalue weighted by atomic mass is 9.95. The van der Waals surface area contributed by atoms with Crippen LogP contribution < -0.4 is 5.69 Å². The average molecular weight is 394 g/mol. The minimum absolute atomic E-state index is 0.0000465. The molecule has 0 amide bonds. The van der Waals surface area contributed by atoms with Gasteiger partial charge in [0, 0.05) is 32.1 Å². The maximum atomic E-state index is 12.4. The second kappa shape index (κ2) is 6.51. The summed E-state index contributed by atoms with van der Waals surface area (Å²) < 4.78 is 3.42. The largest absolute Gasteiger partial charge is 0.338 e. The number of aliphatic imine (C=N–C) groups is 1. The number of imidazole rings is 1. The summed E-state index contributed by atoms with van der Waals surface area (Å²) in [6.45, 7) is 2.24. The molecular weight excluding hydrogens is 370 g/mol. The van der Waals surface area contributed by atoms with Gasteiger partial charge in [0.05, 0.1) is 22.8 Å². The summed E-state index contributed by atoms with van der Waals surface area (Å²) in [5.41, 5.74) is 4.08. The van der Waals surface area contributed by atoms with Crippen LogP contribution in [0.2, 0.25) is 0 Å². The van der Waals surface area contributed by atoms with E-state index in [1.54, 1.807) is 9.13 Å². The Morgan fingerprint density at radius 2 is 1.96 bits per heavy atom. The van der Waals surface area contributed by atoms with Crippen molar-refractivity contribution in [1.29, 1.82) is 0 Å². The molecule has 2 aliphatic heterocycles. The van der Waals surface area contributed by atoms with E-state index in [9.17, 15) is 4.79 Å². The SMILES string of the molecule is CC[C@H]1CSC2=N[C@@H](c3ccccn3)[C@@H](c3ccc4c(c3)n(C)c(=O)n4C)N21. The van der Waals surface area contributed by atoms with Crippen molar-refractivity contribution in [2.75, 3.05) is 5.75 Å². The lowest BCUT2D eigenvalue weighted by Gasteiger charge is -2.32. The third-order valence-electron chi connectivity index (χ3n) is 5.97. The van der Waals surface area contributed by atoms with Crippen LogP contribution in [0, 0.1) is 0 Å². The molecule has 1 saturated heterocycles. The molecule has 2 aliphatic rings. The van der Waals surface area contributed by atoms with Gasteiger partial charge in [-0.3, -0.25) is 19.1 Å². The van der Waals surface area contributed by atoms with Crippen molar-refractivity contribution in [1.82, 2.24) is 19.0 Å². The van der Waals surface area contributed by atoms with E-state index in [0.29, 0.717) is 6.04 Å². The van der Waals surface area contributed by atoms with E-state index in [1.165, 1.54) is 5.56 Å². The smallest absolute Gasteiger partial charge is 0.328 e. The van der Waals surface area contributed by atoms with Crippen LogP contribution >= 0.6 is 11.8 Å². The van der Waals surface area contributed by atoms with Crippen molar-refractivity contribution in [2.24, 2.45) is 19.1 Å². The zero-order valence-electron chi connectivity index (χ0n) is 16.2. The summed E-state index contributed by atoms with van der Waals surface area (Å²) in [6, 6.07) is 12.9. The highest BCUT2D eigenvalue weighted by molar-refractivity contribution is 8.14. The standard InChI is InChI=1S/C21H23N5OS/c1-4-14-12-28-20-23-18(15-7-5-6-10-22-15)19(26(14)20)13-8-9-16-17(11-13)25(3)21(27)24(16)2/h5-11,14,18-19H,4,12H2,1-3H3/t14-,18-,19+/m0/s1. The highest BCUT2D eigenvalue weighted by atomic mass is 32.2. The number of benzene rings is 1. The molecule has 0 aliphatic carbocycles. The molecule has 6 nitrogen and oxygen atoms in total. The number of aryl methyl sites for hydroxylation is 2. The van der Waals surface area contributed by atoms with Crippen LogP contribution in [0.15, 0.2) is 52.4 Å². The van der Waals surface area contributed by atoms with Crippen LogP contribution in [0.4, 0.5) is 0 Å². The molecule has 1 fully saturated rings. The van der Waals surface area contributed by atoms with Gasteiger partial charge < -0.3 is 4.90 Å². The normalized spacial score (nSPS) is 24.0. The molecule has 3 aromatic rings. The van der Waals surface area contributed by atoms with E-state index in [1.807, 2.05) is 44.2 Å². The van der Waals surface area contributed by atoms with E-state index in [-0.39, 0.29) is 17.8 Å². The number of hydrogen-bond acceptors (Lipinski definition) is 5. The fourth-order valence-electron chi connectivity index (χ4n) is 4.42. The maximum absolute atomic E-state index is 12.4. The quantitative estimate of drug-likeness (QED) is 0.685. The van der Waals surface area contributed by atoms with Gasteiger partial charge in [-0.25, -0.2) is 4.79 Å². The Kier molecular flexibility index (Phi) is 4.08. The molecule has 0 saturated carbocycles. The molecule has 0 spiro atoms. The molecule has 0 bridgehead atoms. The second-order valence-corrected chi connectivity index (χ2v) is 8.47. The van der Waals surface area contributed by atoms with Gasteiger partial charge in [-0.15, -0.1) is 0 Å². The molecule has 1 aromatic carbocycles. The molecular formula is C21H23N5OS. The van der Waals surface area contributed by atoms with E-state index < -0.39 is 0 Å². The molecule has 28 heavy (non-hydrogen) atoms. The van der Waals surface area contributed by atoms with E-state index in [0.717, 1.165) is 34.1 Å². The van der Waals surface area contributed by atoms with Gasteiger partial charge in [0.15, 0.2) is 5.17 Å². The topological polar surface area (TPSA) is 55.4 Å². The van der Waals surface area contributed by atoms with Crippen LogP contribution in [0.1, 0.15) is 36.7 Å². The number of amidine groups is 1. The Balaban J connectivity index is 1.67. The van der Waals surface area contributed by atoms with E-state index in [4.69, 9.17) is 4.99 Å². The van der Waals surface area contributed by atoms with Gasteiger partial charge in [0.1, 0.15) is 6.04 Å². The molecule has 0 N–H and O–H groups in total. The Labute approximate surface area is 167 Å². The summed E-state index contributed by atoms with van der Waals surface area (Å²) in [5.74, 6) is 1.08. The fraction of sp³-hybridized carbons (Fsp3) is 0.381. The minimum atomic E-state index is -0.0313. The van der Waals surface area contributed by atoms with Crippen molar-refractivity contribution in [3.63, 3.8) is 0 Å². The zero-order valence-corrected chi connectivity index (χ0v) is 17.1.